The SMILES string of the molecule is Fc1cnccc1-c1cncs1. The van der Waals surface area contributed by atoms with Gasteiger partial charge in [-0.05, 0) is 6.07 Å². The van der Waals surface area contributed by atoms with E-state index in [4.69, 9.17) is 0 Å². The first kappa shape index (κ1) is 7.36. The summed E-state index contributed by atoms with van der Waals surface area (Å²) in [5.74, 6) is -0.304. The summed E-state index contributed by atoms with van der Waals surface area (Å²) in [5, 5.41) is 0. The van der Waals surface area contributed by atoms with Gasteiger partial charge in [0.1, 0.15) is 5.82 Å². The highest BCUT2D eigenvalue weighted by Crippen LogP contribution is 2.24. The molecule has 0 saturated carbocycles. The normalized spacial score (nSPS) is 10.1. The van der Waals surface area contributed by atoms with Crippen molar-refractivity contribution in [2.45, 2.75) is 0 Å². The smallest absolute Gasteiger partial charge is 0.150 e. The zero-order valence-electron chi connectivity index (χ0n) is 6.07. The van der Waals surface area contributed by atoms with Gasteiger partial charge in [-0.15, -0.1) is 11.3 Å². The van der Waals surface area contributed by atoms with Crippen molar-refractivity contribution in [2.24, 2.45) is 0 Å². The summed E-state index contributed by atoms with van der Waals surface area (Å²) in [6.07, 6.45) is 4.41. The summed E-state index contributed by atoms with van der Waals surface area (Å²) in [6, 6.07) is 1.64. The standard InChI is InChI=1S/C8H5FN2S/c9-7-3-10-2-1-6(7)8-4-11-5-12-8/h1-5H. The highest BCUT2D eigenvalue weighted by Gasteiger charge is 2.04. The molecule has 12 heavy (non-hydrogen) atoms. The van der Waals surface area contributed by atoms with E-state index in [2.05, 4.69) is 9.97 Å². The summed E-state index contributed by atoms with van der Waals surface area (Å²) in [6.45, 7) is 0. The molecule has 0 spiro atoms. The topological polar surface area (TPSA) is 25.8 Å². The molecule has 0 aliphatic heterocycles. The highest BCUT2D eigenvalue weighted by atomic mass is 32.1. The van der Waals surface area contributed by atoms with E-state index in [0.29, 0.717) is 5.56 Å². The molecule has 0 radical (unpaired) electrons. The van der Waals surface area contributed by atoms with Gasteiger partial charge in [0.25, 0.3) is 0 Å². The molecule has 0 aliphatic carbocycles. The molecule has 0 unspecified atom stereocenters. The number of aromatic nitrogens is 2. The molecule has 2 aromatic rings. The molecule has 4 heteroatoms. The van der Waals surface area contributed by atoms with E-state index in [-0.39, 0.29) is 5.82 Å². The summed E-state index contributed by atoms with van der Waals surface area (Å²) in [5.41, 5.74) is 2.24. The van der Waals surface area contributed by atoms with Crippen LogP contribution in [0.15, 0.2) is 30.2 Å². The van der Waals surface area contributed by atoms with Gasteiger partial charge < -0.3 is 0 Å². The number of pyridine rings is 1. The van der Waals surface area contributed by atoms with E-state index in [9.17, 15) is 4.39 Å². The molecule has 0 bridgehead atoms. The Balaban J connectivity index is 2.55. The molecule has 0 fully saturated rings. The Labute approximate surface area is 72.7 Å². The first-order valence-corrected chi connectivity index (χ1v) is 4.24. The Morgan fingerprint density at radius 2 is 2.17 bits per heavy atom. The van der Waals surface area contributed by atoms with E-state index in [0.717, 1.165) is 4.88 Å². The lowest BCUT2D eigenvalue weighted by molar-refractivity contribution is 0.625. The zero-order chi connectivity index (χ0) is 8.39. The zero-order valence-corrected chi connectivity index (χ0v) is 6.88. The van der Waals surface area contributed by atoms with Crippen LogP contribution in [0.4, 0.5) is 4.39 Å². The second-order valence-corrected chi connectivity index (χ2v) is 3.11. The average molecular weight is 180 g/mol. The van der Waals surface area contributed by atoms with Crippen molar-refractivity contribution >= 4 is 11.3 Å². The second kappa shape index (κ2) is 2.98. The van der Waals surface area contributed by atoms with E-state index in [1.807, 2.05) is 0 Å². The van der Waals surface area contributed by atoms with Gasteiger partial charge in [-0.1, -0.05) is 0 Å². The molecule has 2 rings (SSSR count). The maximum Gasteiger partial charge on any atom is 0.150 e. The minimum absolute atomic E-state index is 0.304. The third-order valence-electron chi connectivity index (χ3n) is 1.47. The fourth-order valence-electron chi connectivity index (χ4n) is 0.924. The van der Waals surface area contributed by atoms with E-state index >= 15 is 0 Å². The molecule has 2 nitrogen and oxygen atoms in total. The molecular weight excluding hydrogens is 175 g/mol. The summed E-state index contributed by atoms with van der Waals surface area (Å²) >= 11 is 1.41. The number of thiazole rings is 1. The van der Waals surface area contributed by atoms with Crippen LogP contribution in [0.2, 0.25) is 0 Å². The molecular formula is C8H5FN2S. The average Bonchev–Trinajstić information content (AvgIpc) is 2.57. The third-order valence-corrected chi connectivity index (χ3v) is 2.28. The van der Waals surface area contributed by atoms with Gasteiger partial charge in [-0.2, -0.15) is 0 Å². The van der Waals surface area contributed by atoms with Crippen molar-refractivity contribution in [1.82, 2.24) is 9.97 Å². The van der Waals surface area contributed by atoms with Gasteiger partial charge in [0.05, 0.1) is 16.6 Å². The monoisotopic (exact) mass is 180 g/mol. The lowest BCUT2D eigenvalue weighted by Crippen LogP contribution is -1.81. The largest absolute Gasteiger partial charge is 0.262 e. The van der Waals surface area contributed by atoms with Crippen LogP contribution in [0.25, 0.3) is 10.4 Å². The Kier molecular flexibility index (Phi) is 1.83. The second-order valence-electron chi connectivity index (χ2n) is 2.22. The molecule has 0 saturated heterocycles. The summed E-state index contributed by atoms with van der Waals surface area (Å²) < 4.78 is 13.1. The van der Waals surface area contributed by atoms with Crippen LogP contribution in [-0.4, -0.2) is 9.97 Å². The first-order chi connectivity index (χ1) is 5.88. The van der Waals surface area contributed by atoms with Gasteiger partial charge >= 0.3 is 0 Å². The molecule has 2 aromatic heterocycles. The van der Waals surface area contributed by atoms with Gasteiger partial charge in [0.15, 0.2) is 0 Å². The summed E-state index contributed by atoms with van der Waals surface area (Å²) in [4.78, 5) is 8.36. The minimum Gasteiger partial charge on any atom is -0.262 e. The molecule has 60 valence electrons. The van der Waals surface area contributed by atoms with Gasteiger partial charge in [0, 0.05) is 18.0 Å². The van der Waals surface area contributed by atoms with Crippen LogP contribution in [0.1, 0.15) is 0 Å². The van der Waals surface area contributed by atoms with Crippen molar-refractivity contribution in [2.75, 3.05) is 0 Å². The van der Waals surface area contributed by atoms with Crippen LogP contribution in [0.5, 0.6) is 0 Å². The predicted molar refractivity (Wildman–Crippen MR) is 45.3 cm³/mol. The number of hydrogen-bond acceptors (Lipinski definition) is 3. The van der Waals surface area contributed by atoms with Gasteiger partial charge in [-0.25, -0.2) is 4.39 Å². The maximum atomic E-state index is 13.1. The van der Waals surface area contributed by atoms with Crippen molar-refractivity contribution < 1.29 is 4.39 Å². The number of halogens is 1. The Bertz CT molecular complexity index is 372. The number of nitrogens with zero attached hydrogens (tertiary/aromatic N) is 2. The highest BCUT2D eigenvalue weighted by molar-refractivity contribution is 7.13. The van der Waals surface area contributed by atoms with E-state index < -0.39 is 0 Å². The molecule has 2 heterocycles. The lowest BCUT2D eigenvalue weighted by Gasteiger charge is -1.95. The van der Waals surface area contributed by atoms with Crippen LogP contribution >= 0.6 is 11.3 Å². The number of hydrogen-bond donors (Lipinski definition) is 0. The molecule has 0 aliphatic rings. The molecule has 0 aromatic carbocycles. The quantitative estimate of drug-likeness (QED) is 0.673. The lowest BCUT2D eigenvalue weighted by atomic mass is 10.2. The number of rotatable bonds is 1. The molecule has 0 N–H and O–H groups in total. The van der Waals surface area contributed by atoms with Crippen LogP contribution in [0.3, 0.4) is 0 Å². The third kappa shape index (κ3) is 1.21. The summed E-state index contributed by atoms with van der Waals surface area (Å²) in [7, 11) is 0. The van der Waals surface area contributed by atoms with Crippen LogP contribution < -0.4 is 0 Å². The molecule has 0 atom stereocenters. The first-order valence-electron chi connectivity index (χ1n) is 3.36. The van der Waals surface area contributed by atoms with E-state index in [1.165, 1.54) is 17.5 Å². The predicted octanol–water partition coefficient (Wildman–Crippen LogP) is 2.34. The van der Waals surface area contributed by atoms with Crippen molar-refractivity contribution in [3.05, 3.63) is 36.0 Å². The fraction of sp³-hybridized carbons (Fsp3) is 0. The van der Waals surface area contributed by atoms with Crippen LogP contribution in [0, 0.1) is 5.82 Å². The van der Waals surface area contributed by atoms with Crippen molar-refractivity contribution in [3.63, 3.8) is 0 Å². The Morgan fingerprint density at radius 3 is 2.83 bits per heavy atom. The van der Waals surface area contributed by atoms with Crippen molar-refractivity contribution in [3.8, 4) is 10.4 Å². The fourth-order valence-corrected chi connectivity index (χ4v) is 1.57. The van der Waals surface area contributed by atoms with Gasteiger partial charge in [0.2, 0.25) is 0 Å². The Hall–Kier alpha value is -1.29. The van der Waals surface area contributed by atoms with E-state index in [1.54, 1.807) is 24.0 Å². The minimum atomic E-state index is -0.304. The van der Waals surface area contributed by atoms with Crippen molar-refractivity contribution in [1.29, 1.82) is 0 Å². The van der Waals surface area contributed by atoms with Crippen LogP contribution in [-0.2, 0) is 0 Å². The maximum absolute atomic E-state index is 13.1. The Morgan fingerprint density at radius 1 is 1.25 bits per heavy atom. The molecule has 0 amide bonds. The van der Waals surface area contributed by atoms with Gasteiger partial charge in [-0.3, -0.25) is 9.97 Å².